The third-order valence-corrected chi connectivity index (χ3v) is 7.92. The number of nitrogens with zero attached hydrogens (tertiary/aromatic N) is 2. The molecule has 199 valence electrons. The molecule has 1 fully saturated rings. The van der Waals surface area contributed by atoms with Crippen molar-refractivity contribution in [1.82, 2.24) is 9.55 Å². The Kier molecular flexibility index (Phi) is 8.11. The minimum absolute atomic E-state index is 0. The molecule has 38 heavy (non-hydrogen) atoms. The van der Waals surface area contributed by atoms with Gasteiger partial charge in [0.25, 0.3) is 0 Å². The normalized spacial score (nSPS) is 19.7. The third-order valence-electron chi connectivity index (χ3n) is 7.92. The first-order valence-corrected chi connectivity index (χ1v) is 13.2. The molecule has 1 N–H and O–H groups in total. The molecule has 1 radical (unpaired) electrons. The predicted octanol–water partition coefficient (Wildman–Crippen LogP) is 8.11. The average Bonchev–Trinajstić information content (AvgIpc) is 3.30. The van der Waals surface area contributed by atoms with Gasteiger partial charge in [-0.2, -0.15) is 0 Å². The zero-order valence-corrected chi connectivity index (χ0v) is 24.9. The number of fused-ring (bicyclic) bond motifs is 2. The topological polar surface area (TPSA) is 55.1 Å². The molecule has 3 aromatic carbocycles. The molecule has 1 atom stereocenters. The maximum absolute atomic E-state index is 12.4. The number of para-hydroxylation sites is 3. The van der Waals surface area contributed by atoms with E-state index >= 15 is 0 Å². The molecule has 0 aliphatic heterocycles. The smallest absolute Gasteiger partial charge is 0.168 e. The van der Waals surface area contributed by atoms with E-state index in [0.717, 1.165) is 59.4 Å². The Morgan fingerprint density at radius 2 is 1.50 bits per heavy atom. The summed E-state index contributed by atoms with van der Waals surface area (Å²) in [4.78, 5) is 17.2. The minimum Gasteiger partial charge on any atom is -0.511 e. The van der Waals surface area contributed by atoms with Gasteiger partial charge in [0.05, 0.1) is 16.9 Å². The molecule has 6 rings (SSSR count). The number of imidazole rings is 1. The van der Waals surface area contributed by atoms with Crippen molar-refractivity contribution in [3.05, 3.63) is 96.3 Å². The van der Waals surface area contributed by atoms with E-state index in [1.807, 2.05) is 88.4 Å². The van der Waals surface area contributed by atoms with Crippen LogP contribution in [0.15, 0.2) is 90.2 Å². The summed E-state index contributed by atoms with van der Waals surface area (Å²) >= 11 is 0. The molecule has 2 aliphatic carbocycles. The van der Waals surface area contributed by atoms with Crippen LogP contribution in [0.1, 0.15) is 53.4 Å². The van der Waals surface area contributed by atoms with Crippen molar-refractivity contribution in [3.63, 3.8) is 0 Å². The van der Waals surface area contributed by atoms with Gasteiger partial charge in [-0.15, -0.1) is 35.9 Å². The molecule has 2 aliphatic rings. The van der Waals surface area contributed by atoms with Gasteiger partial charge in [0.1, 0.15) is 5.76 Å². The van der Waals surface area contributed by atoms with Crippen LogP contribution >= 0.6 is 0 Å². The van der Waals surface area contributed by atoms with Crippen molar-refractivity contribution in [3.8, 4) is 17.1 Å². The fourth-order valence-electron chi connectivity index (χ4n) is 5.53. The van der Waals surface area contributed by atoms with Crippen molar-refractivity contribution in [2.75, 3.05) is 0 Å². The van der Waals surface area contributed by atoms with E-state index in [9.17, 15) is 9.90 Å². The van der Waals surface area contributed by atoms with E-state index < -0.39 is 0 Å². The van der Waals surface area contributed by atoms with E-state index in [1.165, 1.54) is 0 Å². The van der Waals surface area contributed by atoms with Crippen molar-refractivity contribution in [2.24, 2.45) is 16.7 Å². The number of aliphatic hydroxyl groups excluding tert-OH is 1. The number of carbonyl (C=O) groups is 1. The van der Waals surface area contributed by atoms with Crippen LogP contribution in [0.4, 0.5) is 0 Å². The maximum atomic E-state index is 12.4. The molecule has 1 aromatic heterocycles. The molecule has 0 amide bonds. The second-order valence-corrected chi connectivity index (χ2v) is 11.5. The SMILES string of the molecule is CC1(C)CCC2CCC(C)(C)C(O)=C2C1=O.[Ir].[c-]1ccccc1-c1nc2ccccc2n1-c1ccccc1. The van der Waals surface area contributed by atoms with Gasteiger partial charge in [0.2, 0.25) is 0 Å². The number of benzene rings is 3. The second kappa shape index (κ2) is 11.0. The minimum atomic E-state index is -0.284. The number of carbonyl (C=O) groups excluding carboxylic acids is 1. The van der Waals surface area contributed by atoms with Gasteiger partial charge < -0.3 is 9.67 Å². The number of rotatable bonds is 2. The second-order valence-electron chi connectivity index (χ2n) is 11.5. The van der Waals surface area contributed by atoms with E-state index in [-0.39, 0.29) is 36.7 Å². The summed E-state index contributed by atoms with van der Waals surface area (Å²) in [5, 5.41) is 10.3. The van der Waals surface area contributed by atoms with Crippen molar-refractivity contribution >= 4 is 16.8 Å². The fourth-order valence-corrected chi connectivity index (χ4v) is 5.53. The van der Waals surface area contributed by atoms with Crippen LogP contribution in [0.25, 0.3) is 28.1 Å². The first-order chi connectivity index (χ1) is 17.7. The Balaban J connectivity index is 0.000000179. The summed E-state index contributed by atoms with van der Waals surface area (Å²) in [5.74, 6) is 1.77. The summed E-state index contributed by atoms with van der Waals surface area (Å²) in [7, 11) is 0. The van der Waals surface area contributed by atoms with Crippen LogP contribution in [-0.4, -0.2) is 20.4 Å². The Hall–Kier alpha value is -3.01. The largest absolute Gasteiger partial charge is 0.511 e. The van der Waals surface area contributed by atoms with Crippen molar-refractivity contribution < 1.29 is 30.0 Å². The fraction of sp³-hybridized carbons (Fsp3) is 0.333. The molecule has 0 bridgehead atoms. The first kappa shape index (κ1) is 28.0. The molecular weight excluding hydrogens is 649 g/mol. The molecule has 4 aromatic rings. The summed E-state index contributed by atoms with van der Waals surface area (Å²) in [6, 6.07) is 29.7. The van der Waals surface area contributed by atoms with Gasteiger partial charge in [-0.3, -0.25) is 9.78 Å². The zero-order valence-electron chi connectivity index (χ0n) is 22.5. The molecule has 1 heterocycles. The van der Waals surface area contributed by atoms with Crippen molar-refractivity contribution in [2.45, 2.75) is 53.4 Å². The van der Waals surface area contributed by atoms with Gasteiger partial charge in [-0.25, -0.2) is 0 Å². The number of ketones is 1. The van der Waals surface area contributed by atoms with Crippen LogP contribution in [0.5, 0.6) is 0 Å². The monoisotopic (exact) mass is 684 g/mol. The third kappa shape index (κ3) is 5.28. The van der Waals surface area contributed by atoms with Gasteiger partial charge in [0, 0.05) is 42.2 Å². The summed E-state index contributed by atoms with van der Waals surface area (Å²) in [6.45, 7) is 8.04. The van der Waals surface area contributed by atoms with Gasteiger partial charge >= 0.3 is 0 Å². The van der Waals surface area contributed by atoms with E-state index in [4.69, 9.17) is 4.98 Å². The van der Waals surface area contributed by atoms with Crippen LogP contribution < -0.4 is 0 Å². The predicted molar refractivity (Wildman–Crippen MR) is 150 cm³/mol. The molecule has 4 nitrogen and oxygen atoms in total. The summed E-state index contributed by atoms with van der Waals surface area (Å²) in [6.07, 6.45) is 4.04. The molecule has 0 saturated heterocycles. The number of allylic oxidation sites excluding steroid dienone is 2. The van der Waals surface area contributed by atoms with Crippen LogP contribution in [0.3, 0.4) is 0 Å². The Morgan fingerprint density at radius 1 is 0.868 bits per heavy atom. The summed E-state index contributed by atoms with van der Waals surface area (Å²) in [5.41, 5.74) is 4.45. The Morgan fingerprint density at radius 3 is 2.18 bits per heavy atom. The van der Waals surface area contributed by atoms with Gasteiger partial charge in [-0.05, 0) is 55.9 Å². The molecule has 1 unspecified atom stereocenters. The first-order valence-electron chi connectivity index (χ1n) is 13.2. The maximum Gasteiger partial charge on any atom is 0.168 e. The number of aliphatic hydroxyl groups is 1. The van der Waals surface area contributed by atoms with Gasteiger partial charge in [-0.1, -0.05) is 58.0 Å². The number of hydrogen-bond donors (Lipinski definition) is 1. The Bertz CT molecular complexity index is 1450. The standard InChI is InChI=1S/C19H13N2.C14H22O2.Ir/c1-3-9-15(10-4-1)19-20-17-13-7-8-14-18(17)21(19)16-11-5-2-6-12-16;1-13(2)7-5-9-6-8-14(3,4)12(16)10(9)11(13)15;/h1-9,11-14H;9,15H,5-8H2,1-4H3;/q-1;;. The van der Waals surface area contributed by atoms with Crippen LogP contribution in [-0.2, 0) is 24.9 Å². The number of Topliss-reactive ketones (excluding diaryl/α,β-unsaturated/α-hetero) is 1. The quantitative estimate of drug-likeness (QED) is 0.217. The molecule has 0 spiro atoms. The van der Waals surface area contributed by atoms with Crippen LogP contribution in [0, 0.1) is 22.8 Å². The average molecular weight is 684 g/mol. The van der Waals surface area contributed by atoms with Crippen molar-refractivity contribution in [1.29, 1.82) is 0 Å². The van der Waals surface area contributed by atoms with Gasteiger partial charge in [0.15, 0.2) is 5.78 Å². The van der Waals surface area contributed by atoms with Crippen LogP contribution in [0.2, 0.25) is 0 Å². The van der Waals surface area contributed by atoms with E-state index in [0.29, 0.717) is 11.7 Å². The summed E-state index contributed by atoms with van der Waals surface area (Å²) < 4.78 is 2.18. The number of hydrogen-bond acceptors (Lipinski definition) is 3. The molecule has 1 saturated carbocycles. The van der Waals surface area contributed by atoms with E-state index in [2.05, 4.69) is 28.8 Å². The number of aromatic nitrogens is 2. The zero-order chi connectivity index (χ0) is 26.2. The molecule has 5 heteroatoms. The Labute approximate surface area is 239 Å². The molecular formula is C33H35IrN2O2-. The van der Waals surface area contributed by atoms with E-state index in [1.54, 1.807) is 0 Å².